The number of piperidine rings is 1. The van der Waals surface area contributed by atoms with Crippen molar-refractivity contribution in [1.29, 1.82) is 0 Å². The predicted molar refractivity (Wildman–Crippen MR) is 95.3 cm³/mol. The molecule has 136 valence electrons. The molecule has 1 fully saturated rings. The van der Waals surface area contributed by atoms with Crippen LogP contribution in [0.2, 0.25) is 0 Å². The Bertz CT molecular complexity index is 709. The zero-order valence-electron chi connectivity index (χ0n) is 15.8. The highest BCUT2D eigenvalue weighted by molar-refractivity contribution is 6.01. The van der Waals surface area contributed by atoms with Gasteiger partial charge in [0.15, 0.2) is 5.78 Å². The van der Waals surface area contributed by atoms with Gasteiger partial charge in [-0.15, -0.1) is 0 Å². The van der Waals surface area contributed by atoms with Crippen LogP contribution in [0.4, 0.5) is 4.79 Å². The molecule has 1 spiro atoms. The normalized spacial score (nSPS) is 19.4. The van der Waals surface area contributed by atoms with E-state index < -0.39 is 11.2 Å². The summed E-state index contributed by atoms with van der Waals surface area (Å²) in [6.45, 7) is 10.6. The second-order valence-corrected chi connectivity index (χ2v) is 8.31. The zero-order valence-corrected chi connectivity index (χ0v) is 15.8. The van der Waals surface area contributed by atoms with Crippen LogP contribution in [0.3, 0.4) is 0 Å². The second-order valence-electron chi connectivity index (χ2n) is 8.31. The molecule has 2 heterocycles. The van der Waals surface area contributed by atoms with E-state index in [-0.39, 0.29) is 11.9 Å². The van der Waals surface area contributed by atoms with Crippen molar-refractivity contribution in [3.05, 3.63) is 28.8 Å². The number of ether oxygens (including phenoxy) is 2. The number of fused-ring (bicyclic) bond motifs is 1. The van der Waals surface area contributed by atoms with Gasteiger partial charge in [-0.2, -0.15) is 0 Å². The van der Waals surface area contributed by atoms with E-state index in [0.717, 1.165) is 11.1 Å². The summed E-state index contributed by atoms with van der Waals surface area (Å²) < 4.78 is 11.8. The summed E-state index contributed by atoms with van der Waals surface area (Å²) in [5.74, 6) is 0.837. The summed E-state index contributed by atoms with van der Waals surface area (Å²) in [6, 6.07) is 3.96. The third kappa shape index (κ3) is 3.65. The first-order valence-corrected chi connectivity index (χ1v) is 8.90. The Labute approximate surface area is 149 Å². The summed E-state index contributed by atoms with van der Waals surface area (Å²) in [5, 5.41) is 0. The maximum atomic E-state index is 12.7. The fourth-order valence-electron chi connectivity index (χ4n) is 3.72. The summed E-state index contributed by atoms with van der Waals surface area (Å²) in [7, 11) is 0. The highest BCUT2D eigenvalue weighted by atomic mass is 16.6. The molecule has 0 atom stereocenters. The second kappa shape index (κ2) is 6.04. The van der Waals surface area contributed by atoms with Crippen molar-refractivity contribution in [3.63, 3.8) is 0 Å². The number of amides is 1. The molecule has 0 aromatic heterocycles. The minimum absolute atomic E-state index is 0.143. The van der Waals surface area contributed by atoms with E-state index in [1.165, 1.54) is 0 Å². The number of ketones is 1. The molecule has 1 aromatic carbocycles. The summed E-state index contributed by atoms with van der Waals surface area (Å²) in [6.07, 6.45) is 1.37. The van der Waals surface area contributed by atoms with Crippen molar-refractivity contribution in [2.24, 2.45) is 0 Å². The van der Waals surface area contributed by atoms with Crippen molar-refractivity contribution >= 4 is 11.9 Å². The molecule has 25 heavy (non-hydrogen) atoms. The quantitative estimate of drug-likeness (QED) is 0.712. The third-order valence-corrected chi connectivity index (χ3v) is 4.86. The lowest BCUT2D eigenvalue weighted by Gasteiger charge is -2.44. The first-order chi connectivity index (χ1) is 11.6. The number of likely N-dealkylation sites (tertiary alicyclic amines) is 1. The zero-order chi connectivity index (χ0) is 18.4. The van der Waals surface area contributed by atoms with Crippen LogP contribution in [0.25, 0.3) is 0 Å². The van der Waals surface area contributed by atoms with Crippen LogP contribution in [-0.4, -0.2) is 41.1 Å². The molecular weight excluding hydrogens is 318 g/mol. The highest BCUT2D eigenvalue weighted by Crippen LogP contribution is 2.41. The fourth-order valence-corrected chi connectivity index (χ4v) is 3.72. The van der Waals surface area contributed by atoms with Gasteiger partial charge in [0, 0.05) is 25.9 Å². The fraction of sp³-hybridized carbons (Fsp3) is 0.600. The van der Waals surface area contributed by atoms with Gasteiger partial charge >= 0.3 is 6.09 Å². The average Bonchev–Trinajstić information content (AvgIpc) is 2.44. The summed E-state index contributed by atoms with van der Waals surface area (Å²) in [5.41, 5.74) is 1.78. The number of carbonyl (C=O) groups is 2. The van der Waals surface area contributed by atoms with Crippen molar-refractivity contribution in [2.75, 3.05) is 13.1 Å². The molecule has 2 aliphatic rings. The number of hydrogen-bond donors (Lipinski definition) is 0. The highest BCUT2D eigenvalue weighted by Gasteiger charge is 2.44. The van der Waals surface area contributed by atoms with Crippen LogP contribution in [-0.2, 0) is 4.74 Å². The maximum Gasteiger partial charge on any atom is 0.410 e. The van der Waals surface area contributed by atoms with E-state index in [4.69, 9.17) is 9.47 Å². The third-order valence-electron chi connectivity index (χ3n) is 4.86. The van der Waals surface area contributed by atoms with Gasteiger partial charge in [-0.1, -0.05) is 6.07 Å². The Kier molecular flexibility index (Phi) is 4.30. The number of carbonyl (C=O) groups excluding carboxylic acids is 2. The van der Waals surface area contributed by atoms with Crippen LogP contribution in [0.1, 0.15) is 61.5 Å². The van der Waals surface area contributed by atoms with Crippen molar-refractivity contribution in [3.8, 4) is 5.75 Å². The van der Waals surface area contributed by atoms with Crippen LogP contribution in [0.5, 0.6) is 5.75 Å². The Hall–Kier alpha value is -2.04. The molecule has 5 heteroatoms. The Morgan fingerprint density at radius 3 is 2.44 bits per heavy atom. The number of benzene rings is 1. The molecule has 0 radical (unpaired) electrons. The number of Topliss-reactive ketones (excluding diaryl/α,β-unsaturated/α-hetero) is 1. The van der Waals surface area contributed by atoms with Crippen LogP contribution in [0.15, 0.2) is 12.1 Å². The van der Waals surface area contributed by atoms with Gasteiger partial charge in [-0.3, -0.25) is 4.79 Å². The Morgan fingerprint density at radius 2 is 1.84 bits per heavy atom. The number of aryl methyl sites for hydroxylation is 2. The van der Waals surface area contributed by atoms with E-state index in [9.17, 15) is 9.59 Å². The van der Waals surface area contributed by atoms with E-state index >= 15 is 0 Å². The Balaban J connectivity index is 1.74. The van der Waals surface area contributed by atoms with Gasteiger partial charge in [0.2, 0.25) is 0 Å². The van der Waals surface area contributed by atoms with Gasteiger partial charge in [0.25, 0.3) is 0 Å². The van der Waals surface area contributed by atoms with Gasteiger partial charge in [-0.25, -0.2) is 4.79 Å². The van der Waals surface area contributed by atoms with E-state index in [1.807, 2.05) is 46.8 Å². The van der Waals surface area contributed by atoms with Crippen LogP contribution < -0.4 is 4.74 Å². The molecule has 0 saturated carbocycles. The molecular formula is C20H27NO4. The van der Waals surface area contributed by atoms with E-state index in [2.05, 4.69) is 0 Å². The lowest BCUT2D eigenvalue weighted by Crippen LogP contribution is -2.53. The maximum absolute atomic E-state index is 12.7. The minimum atomic E-state index is -0.502. The number of rotatable bonds is 0. The van der Waals surface area contributed by atoms with Crippen LogP contribution >= 0.6 is 0 Å². The molecule has 1 amide bonds. The smallest absolute Gasteiger partial charge is 0.410 e. The molecule has 5 nitrogen and oxygen atoms in total. The van der Waals surface area contributed by atoms with Gasteiger partial charge < -0.3 is 14.4 Å². The molecule has 1 aromatic rings. The first-order valence-electron chi connectivity index (χ1n) is 8.90. The van der Waals surface area contributed by atoms with E-state index in [0.29, 0.717) is 43.7 Å². The molecule has 0 unspecified atom stereocenters. The molecule has 0 aliphatic carbocycles. The van der Waals surface area contributed by atoms with Gasteiger partial charge in [0.1, 0.15) is 17.0 Å². The number of nitrogens with zero attached hydrogens (tertiary/aromatic N) is 1. The van der Waals surface area contributed by atoms with Crippen molar-refractivity contribution < 1.29 is 19.1 Å². The predicted octanol–water partition coefficient (Wildman–Crippen LogP) is 4.04. The van der Waals surface area contributed by atoms with E-state index in [1.54, 1.807) is 4.90 Å². The standard InChI is InChI=1S/C20H27NO4/c1-13-10-14(2)17-15(22)12-20(24-16(17)11-13)6-8-21(9-7-20)18(23)25-19(3,4)5/h10-11H,6-9,12H2,1-5H3. The largest absolute Gasteiger partial charge is 0.486 e. The molecule has 0 bridgehead atoms. The molecule has 2 aliphatic heterocycles. The molecule has 0 N–H and O–H groups in total. The molecule has 1 saturated heterocycles. The van der Waals surface area contributed by atoms with Crippen molar-refractivity contribution in [2.45, 2.75) is 65.1 Å². The summed E-state index contributed by atoms with van der Waals surface area (Å²) >= 11 is 0. The number of hydrogen-bond acceptors (Lipinski definition) is 4. The minimum Gasteiger partial charge on any atom is -0.486 e. The average molecular weight is 345 g/mol. The van der Waals surface area contributed by atoms with Crippen molar-refractivity contribution in [1.82, 2.24) is 4.90 Å². The summed E-state index contributed by atoms with van der Waals surface area (Å²) in [4.78, 5) is 26.7. The lowest BCUT2D eigenvalue weighted by molar-refractivity contribution is -0.0226. The van der Waals surface area contributed by atoms with Crippen LogP contribution in [0, 0.1) is 13.8 Å². The monoisotopic (exact) mass is 345 g/mol. The lowest BCUT2D eigenvalue weighted by atomic mass is 9.81. The van der Waals surface area contributed by atoms with Gasteiger partial charge in [0.05, 0.1) is 12.0 Å². The van der Waals surface area contributed by atoms with Gasteiger partial charge in [-0.05, 0) is 51.8 Å². The Morgan fingerprint density at radius 1 is 1.20 bits per heavy atom. The topological polar surface area (TPSA) is 55.8 Å². The molecule has 3 rings (SSSR count). The SMILES string of the molecule is Cc1cc(C)c2c(c1)OC1(CCN(C(=O)OC(C)(C)C)CC1)CC2=O. The first kappa shape index (κ1) is 17.8.